The average Bonchev–Trinajstić information content (AvgIpc) is 1.63. The lowest BCUT2D eigenvalue weighted by molar-refractivity contribution is 0.135. The number of ether oxygens (including phenoxy) is 1. The molecule has 0 aliphatic carbocycles. The molecule has 0 radical (unpaired) electrons. The summed E-state index contributed by atoms with van der Waals surface area (Å²) in [4.78, 5) is 9.94. The molecule has 0 bridgehead atoms. The number of hydrogen-bond acceptors (Lipinski definition) is 3. The van der Waals surface area contributed by atoms with Gasteiger partial charge in [0.25, 0.3) is 0 Å². The predicted molar refractivity (Wildman–Crippen MR) is 31.5 cm³/mol. The third kappa shape index (κ3) is 3.54. The SMILES string of the molecule is C=C(OC(N)=O)C(C)O. The van der Waals surface area contributed by atoms with E-state index in [0.717, 1.165) is 0 Å². The number of amides is 1. The van der Waals surface area contributed by atoms with E-state index in [2.05, 4.69) is 17.0 Å². The maximum absolute atomic E-state index is 9.94. The third-order valence-corrected chi connectivity index (χ3v) is 0.698. The molecule has 0 aromatic heterocycles. The fourth-order valence-electron chi connectivity index (χ4n) is 0.214. The Kier molecular flexibility index (Phi) is 2.73. The van der Waals surface area contributed by atoms with E-state index in [1.165, 1.54) is 6.92 Å². The smallest absolute Gasteiger partial charge is 0.409 e. The molecule has 3 N–H and O–H groups in total. The Labute approximate surface area is 52.9 Å². The molecular weight excluding hydrogens is 122 g/mol. The fourth-order valence-corrected chi connectivity index (χ4v) is 0.214. The van der Waals surface area contributed by atoms with Crippen LogP contribution in [0.1, 0.15) is 6.92 Å². The van der Waals surface area contributed by atoms with Gasteiger partial charge in [0.2, 0.25) is 0 Å². The van der Waals surface area contributed by atoms with Crippen LogP contribution < -0.4 is 5.73 Å². The van der Waals surface area contributed by atoms with Gasteiger partial charge in [-0.1, -0.05) is 6.58 Å². The lowest BCUT2D eigenvalue weighted by Gasteiger charge is -2.05. The lowest BCUT2D eigenvalue weighted by Crippen LogP contribution is -2.17. The Morgan fingerprint density at radius 3 is 2.44 bits per heavy atom. The van der Waals surface area contributed by atoms with Crippen molar-refractivity contribution in [2.45, 2.75) is 13.0 Å². The molecule has 1 amide bonds. The zero-order chi connectivity index (χ0) is 7.44. The molecule has 0 aromatic rings. The Morgan fingerprint density at radius 2 is 2.33 bits per heavy atom. The summed E-state index contributed by atoms with van der Waals surface area (Å²) < 4.78 is 4.21. The number of aliphatic hydroxyl groups excluding tert-OH is 1. The summed E-state index contributed by atoms with van der Waals surface area (Å²) in [6, 6.07) is 0. The van der Waals surface area contributed by atoms with Crippen molar-refractivity contribution in [3.8, 4) is 0 Å². The molecule has 0 saturated carbocycles. The first-order valence-corrected chi connectivity index (χ1v) is 2.38. The molecule has 9 heavy (non-hydrogen) atoms. The van der Waals surface area contributed by atoms with E-state index < -0.39 is 12.2 Å². The van der Waals surface area contributed by atoms with Crippen LogP contribution >= 0.6 is 0 Å². The number of carbonyl (C=O) groups excluding carboxylic acids is 1. The minimum Gasteiger partial charge on any atom is -0.413 e. The predicted octanol–water partition coefficient (Wildman–Crippen LogP) is -0.0238. The van der Waals surface area contributed by atoms with Gasteiger partial charge in [0.05, 0.1) is 0 Å². The van der Waals surface area contributed by atoms with Crippen molar-refractivity contribution in [1.29, 1.82) is 0 Å². The topological polar surface area (TPSA) is 72.5 Å². The van der Waals surface area contributed by atoms with Crippen LogP contribution in [0.2, 0.25) is 0 Å². The van der Waals surface area contributed by atoms with Crippen molar-refractivity contribution < 1.29 is 14.6 Å². The van der Waals surface area contributed by atoms with Gasteiger partial charge in [-0.05, 0) is 6.92 Å². The first-order valence-electron chi connectivity index (χ1n) is 2.38. The Morgan fingerprint density at radius 1 is 1.89 bits per heavy atom. The fraction of sp³-hybridized carbons (Fsp3) is 0.400. The maximum Gasteiger partial charge on any atom is 0.409 e. The molecule has 4 nitrogen and oxygen atoms in total. The van der Waals surface area contributed by atoms with Gasteiger partial charge in [-0.3, -0.25) is 0 Å². The summed E-state index contributed by atoms with van der Waals surface area (Å²) in [5, 5.41) is 8.64. The summed E-state index contributed by atoms with van der Waals surface area (Å²) in [6.45, 7) is 4.64. The molecule has 0 rings (SSSR count). The van der Waals surface area contributed by atoms with Crippen molar-refractivity contribution in [2.75, 3.05) is 0 Å². The van der Waals surface area contributed by atoms with Gasteiger partial charge in [-0.25, -0.2) is 4.79 Å². The van der Waals surface area contributed by atoms with E-state index in [4.69, 9.17) is 5.11 Å². The monoisotopic (exact) mass is 131 g/mol. The van der Waals surface area contributed by atoms with E-state index >= 15 is 0 Å². The summed E-state index contributed by atoms with van der Waals surface area (Å²) in [6.07, 6.45) is -1.82. The molecule has 0 spiro atoms. The van der Waals surface area contributed by atoms with Gasteiger partial charge in [0, 0.05) is 0 Å². The van der Waals surface area contributed by atoms with Crippen LogP contribution in [-0.2, 0) is 4.74 Å². The number of primary amides is 1. The van der Waals surface area contributed by atoms with Gasteiger partial charge in [0.15, 0.2) is 0 Å². The molecule has 0 aromatic carbocycles. The van der Waals surface area contributed by atoms with Crippen LogP contribution in [0.4, 0.5) is 4.79 Å². The van der Waals surface area contributed by atoms with E-state index in [1.54, 1.807) is 0 Å². The van der Waals surface area contributed by atoms with Crippen molar-refractivity contribution in [1.82, 2.24) is 0 Å². The van der Waals surface area contributed by atoms with Gasteiger partial charge in [-0.2, -0.15) is 0 Å². The second-order valence-electron chi connectivity index (χ2n) is 1.56. The van der Waals surface area contributed by atoms with Crippen molar-refractivity contribution in [3.05, 3.63) is 12.3 Å². The number of rotatable bonds is 2. The van der Waals surface area contributed by atoms with Crippen molar-refractivity contribution in [2.24, 2.45) is 5.73 Å². The van der Waals surface area contributed by atoms with Crippen LogP contribution in [0.5, 0.6) is 0 Å². The molecule has 52 valence electrons. The highest BCUT2D eigenvalue weighted by Crippen LogP contribution is 1.98. The number of nitrogens with two attached hydrogens (primary N) is 1. The van der Waals surface area contributed by atoms with E-state index in [-0.39, 0.29) is 5.76 Å². The van der Waals surface area contributed by atoms with E-state index in [0.29, 0.717) is 0 Å². The average molecular weight is 131 g/mol. The highest BCUT2D eigenvalue weighted by atomic mass is 16.6. The molecule has 1 unspecified atom stereocenters. The first kappa shape index (κ1) is 7.97. The van der Waals surface area contributed by atoms with Crippen molar-refractivity contribution >= 4 is 6.09 Å². The summed E-state index contributed by atoms with van der Waals surface area (Å²) in [5.74, 6) is -0.0394. The molecular formula is C5H9NO3. The standard InChI is InChI=1S/C5H9NO3/c1-3(7)4(2)9-5(6)8/h3,7H,2H2,1H3,(H2,6,8). The van der Waals surface area contributed by atoms with Gasteiger partial charge >= 0.3 is 6.09 Å². The summed E-state index contributed by atoms with van der Waals surface area (Å²) in [7, 11) is 0. The van der Waals surface area contributed by atoms with Crippen LogP contribution in [0.15, 0.2) is 12.3 Å². The summed E-state index contributed by atoms with van der Waals surface area (Å²) in [5.41, 5.74) is 4.60. The molecule has 0 saturated heterocycles. The van der Waals surface area contributed by atoms with Crippen molar-refractivity contribution in [3.63, 3.8) is 0 Å². The normalized spacial score (nSPS) is 12.2. The first-order chi connectivity index (χ1) is 4.04. The van der Waals surface area contributed by atoms with Gasteiger partial charge in [0.1, 0.15) is 11.9 Å². The van der Waals surface area contributed by atoms with Crippen LogP contribution in [0.3, 0.4) is 0 Å². The van der Waals surface area contributed by atoms with Crippen LogP contribution in [0.25, 0.3) is 0 Å². The maximum atomic E-state index is 9.94. The third-order valence-electron chi connectivity index (χ3n) is 0.698. The molecule has 4 heteroatoms. The lowest BCUT2D eigenvalue weighted by atomic mass is 10.4. The quantitative estimate of drug-likeness (QED) is 0.517. The second kappa shape index (κ2) is 3.09. The molecule has 1 atom stereocenters. The van der Waals surface area contributed by atoms with E-state index in [9.17, 15) is 4.79 Å². The van der Waals surface area contributed by atoms with Crippen LogP contribution in [0, 0.1) is 0 Å². The summed E-state index contributed by atoms with van der Waals surface area (Å²) >= 11 is 0. The Bertz CT molecular complexity index is 130. The number of aliphatic hydroxyl groups is 1. The number of carbonyl (C=O) groups is 1. The highest BCUT2D eigenvalue weighted by molar-refractivity contribution is 5.65. The van der Waals surface area contributed by atoms with Crippen LogP contribution in [-0.4, -0.2) is 17.3 Å². The largest absolute Gasteiger partial charge is 0.413 e. The second-order valence-corrected chi connectivity index (χ2v) is 1.56. The van der Waals surface area contributed by atoms with E-state index in [1.807, 2.05) is 0 Å². The highest BCUT2D eigenvalue weighted by Gasteiger charge is 2.04. The molecule has 0 aliphatic heterocycles. The molecule has 0 heterocycles. The minimum atomic E-state index is -0.957. The minimum absolute atomic E-state index is 0.0394. The van der Waals surface area contributed by atoms with Gasteiger partial charge in [-0.15, -0.1) is 0 Å². The van der Waals surface area contributed by atoms with Gasteiger partial charge < -0.3 is 15.6 Å². The molecule has 0 fully saturated rings. The zero-order valence-corrected chi connectivity index (χ0v) is 5.13. The Balaban J connectivity index is 3.64. The molecule has 0 aliphatic rings. The number of hydrogen-bond donors (Lipinski definition) is 2. The Hall–Kier alpha value is -1.03. The zero-order valence-electron chi connectivity index (χ0n) is 5.13.